The molecule has 1 aromatic heterocycles. The molecule has 0 bridgehead atoms. The van der Waals surface area contributed by atoms with Gasteiger partial charge in [0.1, 0.15) is 0 Å². The zero-order chi connectivity index (χ0) is 13.8. The first kappa shape index (κ1) is 20.2. The number of hydrogen-bond donors (Lipinski definition) is 1. The number of piperidine rings is 1. The lowest BCUT2D eigenvalue weighted by Crippen LogP contribution is -2.51. The number of nitrogens with zero attached hydrogens (tertiary/aromatic N) is 3. The average Bonchev–Trinajstić information content (AvgIpc) is 2.81. The standard InChI is InChI=1S/C14H24N4O.2ClH/c1-11(15)13-5-3-4-8-18(13)14(19)7-6-12-9-16-17(2)10-12;;/h9-11,13H,3-8,15H2,1-2H3;2*1H. The Morgan fingerprint density at radius 3 is 2.76 bits per heavy atom. The van der Waals surface area contributed by atoms with E-state index in [2.05, 4.69) is 5.10 Å². The molecule has 0 radical (unpaired) electrons. The number of aromatic nitrogens is 2. The van der Waals surface area contributed by atoms with Crippen LogP contribution >= 0.6 is 24.8 Å². The van der Waals surface area contributed by atoms with Crippen molar-refractivity contribution >= 4 is 30.7 Å². The largest absolute Gasteiger partial charge is 0.338 e. The molecule has 1 fully saturated rings. The highest BCUT2D eigenvalue weighted by Crippen LogP contribution is 2.20. The number of carbonyl (C=O) groups excluding carboxylic acids is 1. The summed E-state index contributed by atoms with van der Waals surface area (Å²) in [5.41, 5.74) is 7.11. The third-order valence-corrected chi connectivity index (χ3v) is 3.86. The predicted octanol–water partition coefficient (Wildman–Crippen LogP) is 1.92. The van der Waals surface area contributed by atoms with Gasteiger partial charge in [0.15, 0.2) is 0 Å². The molecule has 1 amide bonds. The minimum absolute atomic E-state index is 0. The van der Waals surface area contributed by atoms with E-state index < -0.39 is 0 Å². The normalized spacial score (nSPS) is 19.4. The zero-order valence-corrected chi connectivity index (χ0v) is 14.3. The Morgan fingerprint density at radius 2 is 2.19 bits per heavy atom. The lowest BCUT2D eigenvalue weighted by molar-refractivity contribution is -0.135. The van der Waals surface area contributed by atoms with E-state index in [0.29, 0.717) is 6.42 Å². The summed E-state index contributed by atoms with van der Waals surface area (Å²) in [5, 5.41) is 4.12. The Bertz CT molecular complexity index is 436. The average molecular weight is 337 g/mol. The SMILES string of the molecule is CC(N)C1CCCCN1C(=O)CCc1cnn(C)c1.Cl.Cl. The summed E-state index contributed by atoms with van der Waals surface area (Å²) in [4.78, 5) is 14.3. The van der Waals surface area contributed by atoms with Gasteiger partial charge in [-0.05, 0) is 38.2 Å². The highest BCUT2D eigenvalue weighted by molar-refractivity contribution is 5.85. The number of amides is 1. The van der Waals surface area contributed by atoms with Gasteiger partial charge in [0.25, 0.3) is 0 Å². The van der Waals surface area contributed by atoms with Crippen molar-refractivity contribution in [1.29, 1.82) is 0 Å². The van der Waals surface area contributed by atoms with E-state index in [4.69, 9.17) is 5.73 Å². The summed E-state index contributed by atoms with van der Waals surface area (Å²) >= 11 is 0. The van der Waals surface area contributed by atoms with Crippen LogP contribution in [0.2, 0.25) is 0 Å². The van der Waals surface area contributed by atoms with Crippen molar-refractivity contribution in [3.63, 3.8) is 0 Å². The Hall–Kier alpha value is -0.780. The topological polar surface area (TPSA) is 64.2 Å². The fraction of sp³-hybridized carbons (Fsp3) is 0.714. The number of halogens is 2. The van der Waals surface area contributed by atoms with Crippen LogP contribution in [0.25, 0.3) is 0 Å². The van der Waals surface area contributed by atoms with E-state index in [9.17, 15) is 4.79 Å². The van der Waals surface area contributed by atoms with Gasteiger partial charge in [-0.15, -0.1) is 24.8 Å². The molecule has 2 atom stereocenters. The highest BCUT2D eigenvalue weighted by Gasteiger charge is 2.28. The van der Waals surface area contributed by atoms with E-state index in [1.165, 1.54) is 6.42 Å². The minimum Gasteiger partial charge on any atom is -0.338 e. The molecule has 1 aliphatic rings. The first-order valence-corrected chi connectivity index (χ1v) is 7.10. The lowest BCUT2D eigenvalue weighted by Gasteiger charge is -2.38. The molecule has 7 heteroatoms. The van der Waals surface area contributed by atoms with E-state index in [-0.39, 0.29) is 42.8 Å². The monoisotopic (exact) mass is 336 g/mol. The van der Waals surface area contributed by atoms with Gasteiger partial charge in [0, 0.05) is 38.3 Å². The van der Waals surface area contributed by atoms with Crippen LogP contribution in [0.15, 0.2) is 12.4 Å². The first-order valence-electron chi connectivity index (χ1n) is 7.10. The smallest absolute Gasteiger partial charge is 0.223 e. The quantitative estimate of drug-likeness (QED) is 0.913. The van der Waals surface area contributed by atoms with Gasteiger partial charge in [-0.25, -0.2) is 0 Å². The fourth-order valence-electron chi connectivity index (χ4n) is 2.81. The molecular formula is C14H26Cl2N4O. The molecule has 2 heterocycles. The summed E-state index contributed by atoms with van der Waals surface area (Å²) in [6.45, 7) is 2.86. The number of rotatable bonds is 4. The summed E-state index contributed by atoms with van der Waals surface area (Å²) in [7, 11) is 1.89. The summed E-state index contributed by atoms with van der Waals surface area (Å²) in [6.07, 6.45) is 8.42. The van der Waals surface area contributed by atoms with E-state index in [0.717, 1.165) is 31.4 Å². The van der Waals surface area contributed by atoms with Crippen LogP contribution in [-0.4, -0.2) is 39.2 Å². The number of nitrogens with two attached hydrogens (primary N) is 1. The Morgan fingerprint density at radius 1 is 1.48 bits per heavy atom. The molecule has 0 aliphatic carbocycles. The molecule has 0 saturated carbocycles. The molecule has 0 spiro atoms. The number of aryl methyl sites for hydroxylation is 2. The fourth-order valence-corrected chi connectivity index (χ4v) is 2.81. The number of likely N-dealkylation sites (tertiary alicyclic amines) is 1. The van der Waals surface area contributed by atoms with Crippen molar-refractivity contribution in [3.05, 3.63) is 18.0 Å². The summed E-state index contributed by atoms with van der Waals surface area (Å²) < 4.78 is 1.77. The molecule has 2 rings (SSSR count). The van der Waals surface area contributed by atoms with Gasteiger partial charge in [0.05, 0.1) is 6.20 Å². The van der Waals surface area contributed by atoms with Gasteiger partial charge in [-0.1, -0.05) is 0 Å². The zero-order valence-electron chi connectivity index (χ0n) is 12.7. The van der Waals surface area contributed by atoms with Gasteiger partial charge in [0.2, 0.25) is 5.91 Å². The van der Waals surface area contributed by atoms with Gasteiger partial charge in [-0.2, -0.15) is 5.10 Å². The summed E-state index contributed by atoms with van der Waals surface area (Å²) in [6, 6.07) is 0.276. The third kappa shape index (κ3) is 5.49. The second kappa shape index (κ2) is 9.28. The van der Waals surface area contributed by atoms with Gasteiger partial charge < -0.3 is 10.6 Å². The maximum absolute atomic E-state index is 12.3. The predicted molar refractivity (Wildman–Crippen MR) is 89.0 cm³/mol. The van der Waals surface area contributed by atoms with Gasteiger partial charge in [-0.3, -0.25) is 9.48 Å². The molecule has 1 saturated heterocycles. The molecule has 0 aromatic carbocycles. The highest BCUT2D eigenvalue weighted by atomic mass is 35.5. The van der Waals surface area contributed by atoms with Crippen LogP contribution in [0.4, 0.5) is 0 Å². The summed E-state index contributed by atoms with van der Waals surface area (Å²) in [5.74, 6) is 0.228. The van der Waals surface area contributed by atoms with Crippen LogP contribution in [0, 0.1) is 0 Å². The number of hydrogen-bond acceptors (Lipinski definition) is 3. The van der Waals surface area contributed by atoms with E-state index >= 15 is 0 Å². The van der Waals surface area contributed by atoms with E-state index in [1.54, 1.807) is 4.68 Å². The lowest BCUT2D eigenvalue weighted by atomic mass is 9.96. The molecule has 1 aromatic rings. The van der Waals surface area contributed by atoms with Crippen LogP contribution < -0.4 is 5.73 Å². The molecule has 2 N–H and O–H groups in total. The van der Waals surface area contributed by atoms with Gasteiger partial charge >= 0.3 is 0 Å². The molecule has 5 nitrogen and oxygen atoms in total. The molecule has 2 unspecified atom stereocenters. The third-order valence-electron chi connectivity index (χ3n) is 3.86. The van der Waals surface area contributed by atoms with Crippen molar-refractivity contribution in [2.24, 2.45) is 12.8 Å². The molecule has 21 heavy (non-hydrogen) atoms. The minimum atomic E-state index is 0. The van der Waals surface area contributed by atoms with Crippen LogP contribution in [0.5, 0.6) is 0 Å². The maximum atomic E-state index is 12.3. The van der Waals surface area contributed by atoms with Crippen molar-refractivity contribution in [2.45, 2.75) is 51.1 Å². The molecular weight excluding hydrogens is 311 g/mol. The molecule has 1 aliphatic heterocycles. The number of carbonyl (C=O) groups is 1. The van der Waals surface area contributed by atoms with Crippen molar-refractivity contribution in [2.75, 3.05) is 6.54 Å². The maximum Gasteiger partial charge on any atom is 0.223 e. The Labute approximate surface area is 139 Å². The molecule has 122 valence electrons. The Balaban J connectivity index is 0.00000200. The second-order valence-corrected chi connectivity index (χ2v) is 5.53. The van der Waals surface area contributed by atoms with Crippen LogP contribution in [0.1, 0.15) is 38.2 Å². The Kier molecular flexibility index (Phi) is 8.94. The van der Waals surface area contributed by atoms with Crippen LogP contribution in [0.3, 0.4) is 0 Å². The van der Waals surface area contributed by atoms with Crippen molar-refractivity contribution < 1.29 is 4.79 Å². The van der Waals surface area contributed by atoms with Crippen molar-refractivity contribution in [1.82, 2.24) is 14.7 Å². The van der Waals surface area contributed by atoms with Crippen LogP contribution in [-0.2, 0) is 18.3 Å². The van der Waals surface area contributed by atoms with Crippen molar-refractivity contribution in [3.8, 4) is 0 Å². The second-order valence-electron chi connectivity index (χ2n) is 5.53. The first-order chi connectivity index (χ1) is 9.08. The van der Waals surface area contributed by atoms with E-state index in [1.807, 2.05) is 31.3 Å².